The number of carboxylic acids is 1. The zero-order valence-electron chi connectivity index (χ0n) is 16.0. The summed E-state index contributed by atoms with van der Waals surface area (Å²) in [6.07, 6.45) is 0.0373. The molecule has 5 rings (SSSR count). The van der Waals surface area contributed by atoms with Gasteiger partial charge in [0.1, 0.15) is 0 Å². The van der Waals surface area contributed by atoms with Crippen LogP contribution in [0.3, 0.4) is 0 Å². The van der Waals surface area contributed by atoms with E-state index in [0.29, 0.717) is 27.1 Å². The summed E-state index contributed by atoms with van der Waals surface area (Å²) in [7, 11) is 0. The second-order valence-corrected chi connectivity index (χ2v) is 8.44. The van der Waals surface area contributed by atoms with Gasteiger partial charge in [0.2, 0.25) is 5.91 Å². The SMILES string of the molecule is O=C(O)c1c(N2C(=O)Cc3cscc3C2=O)c2cc(Cl)ccc2n1Cc1ccccc1. The summed E-state index contributed by atoms with van der Waals surface area (Å²) >= 11 is 7.56. The fourth-order valence-electron chi connectivity index (χ4n) is 4.03. The van der Waals surface area contributed by atoms with Crippen LogP contribution in [0, 0.1) is 0 Å². The van der Waals surface area contributed by atoms with E-state index in [-0.39, 0.29) is 24.3 Å². The van der Waals surface area contributed by atoms with Crippen molar-refractivity contribution in [3.05, 3.63) is 86.7 Å². The average molecular weight is 451 g/mol. The number of aromatic nitrogens is 1. The molecule has 1 aliphatic rings. The van der Waals surface area contributed by atoms with E-state index in [1.54, 1.807) is 33.5 Å². The third-order valence-corrected chi connectivity index (χ3v) is 6.40. The number of anilines is 1. The highest BCUT2D eigenvalue weighted by Gasteiger charge is 2.38. The molecule has 1 aliphatic heterocycles. The fourth-order valence-corrected chi connectivity index (χ4v) is 5.04. The zero-order valence-corrected chi connectivity index (χ0v) is 17.6. The van der Waals surface area contributed by atoms with Gasteiger partial charge in [-0.05, 0) is 34.7 Å². The minimum atomic E-state index is -1.23. The van der Waals surface area contributed by atoms with Crippen LogP contribution < -0.4 is 4.90 Å². The number of carbonyl (C=O) groups excluding carboxylic acids is 2. The maximum absolute atomic E-state index is 13.2. The van der Waals surface area contributed by atoms with Crippen LogP contribution in [0.1, 0.15) is 32.0 Å². The molecule has 0 atom stereocenters. The first-order valence-corrected chi connectivity index (χ1v) is 10.8. The highest BCUT2D eigenvalue weighted by atomic mass is 35.5. The molecule has 0 fully saturated rings. The molecule has 2 amide bonds. The lowest BCUT2D eigenvalue weighted by molar-refractivity contribution is -0.117. The van der Waals surface area contributed by atoms with Crippen molar-refractivity contribution in [1.82, 2.24) is 4.57 Å². The molecule has 4 aromatic rings. The molecule has 0 saturated heterocycles. The molecule has 0 unspecified atom stereocenters. The molecule has 31 heavy (non-hydrogen) atoms. The molecule has 154 valence electrons. The van der Waals surface area contributed by atoms with Crippen molar-refractivity contribution in [2.45, 2.75) is 13.0 Å². The number of amides is 2. The van der Waals surface area contributed by atoms with E-state index >= 15 is 0 Å². The lowest BCUT2D eigenvalue weighted by Gasteiger charge is -2.25. The monoisotopic (exact) mass is 450 g/mol. The summed E-state index contributed by atoms with van der Waals surface area (Å²) in [4.78, 5) is 39.7. The summed E-state index contributed by atoms with van der Waals surface area (Å²) in [6, 6.07) is 14.4. The molecule has 0 radical (unpaired) electrons. The second-order valence-electron chi connectivity index (χ2n) is 7.26. The zero-order chi connectivity index (χ0) is 21.7. The Bertz CT molecular complexity index is 1370. The molecule has 1 N–H and O–H groups in total. The lowest BCUT2D eigenvalue weighted by atomic mass is 10.0. The van der Waals surface area contributed by atoms with Gasteiger partial charge in [0.15, 0.2) is 5.69 Å². The molecule has 2 aromatic heterocycles. The normalized spacial score (nSPS) is 13.6. The number of carboxylic acid groups (broad SMARTS) is 1. The number of hydrogen-bond donors (Lipinski definition) is 1. The van der Waals surface area contributed by atoms with Crippen LogP contribution in [0.4, 0.5) is 5.69 Å². The van der Waals surface area contributed by atoms with Crippen LogP contribution in [0.15, 0.2) is 59.3 Å². The van der Waals surface area contributed by atoms with Gasteiger partial charge in [0, 0.05) is 22.3 Å². The highest BCUT2D eigenvalue weighted by Crippen LogP contribution is 2.39. The van der Waals surface area contributed by atoms with Crippen molar-refractivity contribution in [3.8, 4) is 0 Å². The van der Waals surface area contributed by atoms with E-state index < -0.39 is 17.8 Å². The number of hydrogen-bond acceptors (Lipinski definition) is 4. The summed E-state index contributed by atoms with van der Waals surface area (Å²) in [5.74, 6) is -2.21. The van der Waals surface area contributed by atoms with Crippen molar-refractivity contribution in [3.63, 3.8) is 0 Å². The molecule has 0 bridgehead atoms. The molecule has 8 heteroatoms. The second kappa shape index (κ2) is 7.37. The number of carbonyl (C=O) groups is 3. The van der Waals surface area contributed by atoms with E-state index in [9.17, 15) is 19.5 Å². The summed E-state index contributed by atoms with van der Waals surface area (Å²) < 4.78 is 1.61. The molecule has 2 aromatic carbocycles. The largest absolute Gasteiger partial charge is 0.477 e. The van der Waals surface area contributed by atoms with Crippen LogP contribution in [-0.2, 0) is 17.8 Å². The number of thiophene rings is 1. The molecule has 3 heterocycles. The molecular weight excluding hydrogens is 436 g/mol. The number of imide groups is 1. The Morgan fingerprint density at radius 3 is 2.61 bits per heavy atom. The van der Waals surface area contributed by atoms with Crippen molar-refractivity contribution in [2.75, 3.05) is 4.90 Å². The predicted octanol–water partition coefficient (Wildman–Crippen LogP) is 4.83. The quantitative estimate of drug-likeness (QED) is 0.451. The maximum Gasteiger partial charge on any atom is 0.354 e. The molecule has 0 aliphatic carbocycles. The van der Waals surface area contributed by atoms with Gasteiger partial charge in [0.05, 0.1) is 23.2 Å². The van der Waals surface area contributed by atoms with Crippen LogP contribution in [-0.4, -0.2) is 27.5 Å². The van der Waals surface area contributed by atoms with Crippen molar-refractivity contribution in [2.24, 2.45) is 0 Å². The van der Waals surface area contributed by atoms with E-state index in [4.69, 9.17) is 11.6 Å². The van der Waals surface area contributed by atoms with Gasteiger partial charge in [-0.3, -0.25) is 9.59 Å². The van der Waals surface area contributed by atoms with E-state index in [1.165, 1.54) is 11.3 Å². The minimum absolute atomic E-state index is 0.0373. The Morgan fingerprint density at radius 1 is 1.10 bits per heavy atom. The Morgan fingerprint density at radius 2 is 1.87 bits per heavy atom. The van der Waals surface area contributed by atoms with Gasteiger partial charge < -0.3 is 9.67 Å². The molecular formula is C23H15ClN2O4S. The predicted molar refractivity (Wildman–Crippen MR) is 119 cm³/mol. The minimum Gasteiger partial charge on any atom is -0.477 e. The first kappa shape index (κ1) is 19.5. The number of fused-ring (bicyclic) bond motifs is 2. The average Bonchev–Trinajstić information content (AvgIpc) is 3.32. The Hall–Kier alpha value is -3.42. The van der Waals surface area contributed by atoms with E-state index in [0.717, 1.165) is 10.5 Å². The van der Waals surface area contributed by atoms with Crippen molar-refractivity contribution < 1.29 is 19.5 Å². The van der Waals surface area contributed by atoms with Gasteiger partial charge in [-0.15, -0.1) is 0 Å². The Labute approximate surface area is 185 Å². The van der Waals surface area contributed by atoms with Crippen molar-refractivity contribution >= 4 is 57.3 Å². The number of benzene rings is 2. The highest BCUT2D eigenvalue weighted by molar-refractivity contribution is 7.08. The number of rotatable bonds is 4. The Balaban J connectivity index is 1.79. The summed E-state index contributed by atoms with van der Waals surface area (Å²) in [6.45, 7) is 0.264. The van der Waals surface area contributed by atoms with Gasteiger partial charge >= 0.3 is 5.97 Å². The summed E-state index contributed by atoms with van der Waals surface area (Å²) in [5, 5.41) is 14.4. The number of halogens is 1. The van der Waals surface area contributed by atoms with Crippen molar-refractivity contribution in [1.29, 1.82) is 0 Å². The topological polar surface area (TPSA) is 79.6 Å². The first-order chi connectivity index (χ1) is 15.0. The van der Waals surface area contributed by atoms with Gasteiger partial charge in [-0.2, -0.15) is 11.3 Å². The maximum atomic E-state index is 13.2. The third kappa shape index (κ3) is 3.13. The molecule has 0 saturated carbocycles. The van der Waals surface area contributed by atoms with Gasteiger partial charge in [-0.25, -0.2) is 9.69 Å². The number of aromatic carboxylic acids is 1. The van der Waals surface area contributed by atoms with E-state index in [2.05, 4.69) is 0 Å². The first-order valence-electron chi connectivity index (χ1n) is 9.47. The third-order valence-electron chi connectivity index (χ3n) is 5.38. The van der Waals surface area contributed by atoms with Gasteiger partial charge in [-0.1, -0.05) is 41.9 Å². The van der Waals surface area contributed by atoms with E-state index in [1.807, 2.05) is 30.3 Å². The van der Waals surface area contributed by atoms with Crippen LogP contribution in [0.5, 0.6) is 0 Å². The number of nitrogens with zero attached hydrogens (tertiary/aromatic N) is 2. The van der Waals surface area contributed by atoms with Gasteiger partial charge in [0.25, 0.3) is 5.91 Å². The smallest absolute Gasteiger partial charge is 0.354 e. The van der Waals surface area contributed by atoms with Crippen LogP contribution in [0.25, 0.3) is 10.9 Å². The lowest BCUT2D eigenvalue weighted by Crippen LogP contribution is -2.42. The van der Waals surface area contributed by atoms with Crippen LogP contribution in [0.2, 0.25) is 5.02 Å². The standard InChI is InChI=1S/C23H15ClN2O4S/c24-15-6-7-18-16(9-15)20(26-19(27)8-14-11-31-12-17(14)22(26)28)21(23(29)30)25(18)10-13-4-2-1-3-5-13/h1-7,9,11-12H,8,10H2,(H,29,30). The molecule has 6 nitrogen and oxygen atoms in total. The summed E-state index contributed by atoms with van der Waals surface area (Å²) in [5.41, 5.74) is 2.50. The fraction of sp³-hybridized carbons (Fsp3) is 0.0870. The van der Waals surface area contributed by atoms with Crippen LogP contribution >= 0.6 is 22.9 Å². The Kier molecular flexibility index (Phi) is 4.64. The molecule has 0 spiro atoms.